The third kappa shape index (κ3) is 3.06. The van der Waals surface area contributed by atoms with E-state index in [2.05, 4.69) is 17.1 Å². The standard InChI is InChI=1S/C17H13NO2S/c19-17(20)15-10-16(13-8-4-5-9-14(13)18-15)21-11-12-6-2-1-3-7-12/h1-10H,11H2,(H,19,20). The Hall–Kier alpha value is -2.33. The fourth-order valence-electron chi connectivity index (χ4n) is 2.11. The Balaban J connectivity index is 1.98. The third-order valence-corrected chi connectivity index (χ3v) is 4.26. The molecule has 0 fully saturated rings. The molecule has 0 spiro atoms. The van der Waals surface area contributed by atoms with Crippen LogP contribution in [-0.4, -0.2) is 16.1 Å². The first kappa shape index (κ1) is 13.6. The molecule has 1 heterocycles. The van der Waals surface area contributed by atoms with Crippen molar-refractivity contribution < 1.29 is 9.90 Å². The predicted octanol–water partition coefficient (Wildman–Crippen LogP) is 4.23. The molecule has 0 aliphatic rings. The first-order valence-electron chi connectivity index (χ1n) is 6.54. The predicted molar refractivity (Wildman–Crippen MR) is 84.7 cm³/mol. The van der Waals surface area contributed by atoms with Crippen LogP contribution in [0.5, 0.6) is 0 Å². The van der Waals surface area contributed by atoms with Gasteiger partial charge in [0.1, 0.15) is 5.69 Å². The summed E-state index contributed by atoms with van der Waals surface area (Å²) in [6.45, 7) is 0. The molecule has 3 nitrogen and oxygen atoms in total. The van der Waals surface area contributed by atoms with E-state index < -0.39 is 5.97 Å². The summed E-state index contributed by atoms with van der Waals surface area (Å²) in [5, 5.41) is 10.2. The number of aromatic carboxylic acids is 1. The van der Waals surface area contributed by atoms with E-state index in [0.29, 0.717) is 5.52 Å². The van der Waals surface area contributed by atoms with Crippen LogP contribution >= 0.6 is 11.8 Å². The number of carbonyl (C=O) groups is 1. The topological polar surface area (TPSA) is 50.2 Å². The maximum atomic E-state index is 11.2. The summed E-state index contributed by atoms with van der Waals surface area (Å²) in [5.41, 5.74) is 2.01. The molecule has 4 heteroatoms. The van der Waals surface area contributed by atoms with E-state index in [0.717, 1.165) is 16.0 Å². The average molecular weight is 295 g/mol. The van der Waals surface area contributed by atoms with Crippen LogP contribution in [0.25, 0.3) is 10.9 Å². The first-order valence-corrected chi connectivity index (χ1v) is 7.52. The normalized spacial score (nSPS) is 10.7. The minimum Gasteiger partial charge on any atom is -0.477 e. The fourth-order valence-corrected chi connectivity index (χ4v) is 3.15. The minimum atomic E-state index is -0.998. The van der Waals surface area contributed by atoms with Gasteiger partial charge in [0.15, 0.2) is 0 Å². The first-order chi connectivity index (χ1) is 10.2. The van der Waals surface area contributed by atoms with Crippen LogP contribution in [0.4, 0.5) is 0 Å². The van der Waals surface area contributed by atoms with Crippen LogP contribution in [0.2, 0.25) is 0 Å². The number of carboxylic acid groups (broad SMARTS) is 1. The van der Waals surface area contributed by atoms with Crippen LogP contribution in [0, 0.1) is 0 Å². The Morgan fingerprint density at radius 1 is 1.05 bits per heavy atom. The van der Waals surface area contributed by atoms with Gasteiger partial charge in [0.05, 0.1) is 5.52 Å². The molecule has 0 unspecified atom stereocenters. The molecule has 1 N–H and O–H groups in total. The summed E-state index contributed by atoms with van der Waals surface area (Å²) in [6, 6.07) is 19.4. The lowest BCUT2D eigenvalue weighted by atomic mass is 10.2. The van der Waals surface area contributed by atoms with E-state index in [1.54, 1.807) is 17.8 Å². The molecular weight excluding hydrogens is 282 g/mol. The number of pyridine rings is 1. The summed E-state index contributed by atoms with van der Waals surface area (Å²) < 4.78 is 0. The lowest BCUT2D eigenvalue weighted by Crippen LogP contribution is -2.01. The number of aromatic nitrogens is 1. The molecule has 0 aliphatic heterocycles. The SMILES string of the molecule is O=C(O)c1cc(SCc2ccccc2)c2ccccc2n1. The van der Waals surface area contributed by atoms with Gasteiger partial charge in [-0.2, -0.15) is 0 Å². The van der Waals surface area contributed by atoms with Gasteiger partial charge >= 0.3 is 5.97 Å². The molecule has 3 rings (SSSR count). The van der Waals surface area contributed by atoms with Gasteiger partial charge in [-0.1, -0.05) is 48.5 Å². The van der Waals surface area contributed by atoms with Crippen molar-refractivity contribution in [2.24, 2.45) is 0 Å². The van der Waals surface area contributed by atoms with Crippen molar-refractivity contribution in [3.05, 3.63) is 71.9 Å². The van der Waals surface area contributed by atoms with Gasteiger partial charge < -0.3 is 5.11 Å². The lowest BCUT2D eigenvalue weighted by Gasteiger charge is -2.07. The highest BCUT2D eigenvalue weighted by atomic mass is 32.2. The van der Waals surface area contributed by atoms with Gasteiger partial charge in [-0.3, -0.25) is 0 Å². The van der Waals surface area contributed by atoms with Crippen LogP contribution < -0.4 is 0 Å². The number of hydrogen-bond donors (Lipinski definition) is 1. The molecule has 0 amide bonds. The van der Waals surface area contributed by atoms with E-state index in [1.165, 1.54) is 5.56 Å². The number of rotatable bonds is 4. The highest BCUT2D eigenvalue weighted by Gasteiger charge is 2.11. The smallest absolute Gasteiger partial charge is 0.354 e. The minimum absolute atomic E-state index is 0.0873. The molecule has 0 atom stereocenters. The molecule has 21 heavy (non-hydrogen) atoms. The van der Waals surface area contributed by atoms with Crippen molar-refractivity contribution in [2.75, 3.05) is 0 Å². The van der Waals surface area contributed by atoms with Gasteiger partial charge in [-0.05, 0) is 17.7 Å². The number of para-hydroxylation sites is 1. The van der Waals surface area contributed by atoms with E-state index in [-0.39, 0.29) is 5.69 Å². The van der Waals surface area contributed by atoms with E-state index >= 15 is 0 Å². The number of benzene rings is 2. The van der Waals surface area contributed by atoms with Gasteiger partial charge in [0.25, 0.3) is 0 Å². The van der Waals surface area contributed by atoms with E-state index in [9.17, 15) is 9.90 Å². The van der Waals surface area contributed by atoms with Crippen molar-refractivity contribution in [3.8, 4) is 0 Å². The summed E-state index contributed by atoms with van der Waals surface area (Å²) in [4.78, 5) is 16.3. The molecule has 0 aliphatic carbocycles. The summed E-state index contributed by atoms with van der Waals surface area (Å²) in [6.07, 6.45) is 0. The molecule has 104 valence electrons. The van der Waals surface area contributed by atoms with E-state index in [4.69, 9.17) is 0 Å². The molecule has 0 saturated heterocycles. The second-order valence-corrected chi connectivity index (χ2v) is 5.62. The van der Waals surface area contributed by atoms with Crippen LogP contribution in [0.1, 0.15) is 16.1 Å². The molecule has 1 aromatic heterocycles. The van der Waals surface area contributed by atoms with Crippen molar-refractivity contribution in [1.82, 2.24) is 4.98 Å². The third-order valence-electron chi connectivity index (χ3n) is 3.13. The second-order valence-electron chi connectivity index (χ2n) is 4.60. The number of hydrogen-bond acceptors (Lipinski definition) is 3. The molecule has 3 aromatic rings. The Bertz CT molecular complexity index is 787. The molecule has 0 radical (unpaired) electrons. The van der Waals surface area contributed by atoms with Crippen molar-refractivity contribution in [2.45, 2.75) is 10.6 Å². The summed E-state index contributed by atoms with van der Waals surface area (Å²) in [7, 11) is 0. The Morgan fingerprint density at radius 2 is 1.76 bits per heavy atom. The maximum absolute atomic E-state index is 11.2. The molecule has 0 bridgehead atoms. The number of nitrogens with zero attached hydrogens (tertiary/aromatic N) is 1. The van der Waals surface area contributed by atoms with Gasteiger partial charge in [-0.25, -0.2) is 9.78 Å². The monoisotopic (exact) mass is 295 g/mol. The Kier molecular flexibility index (Phi) is 3.88. The van der Waals surface area contributed by atoms with Gasteiger partial charge in [-0.15, -0.1) is 11.8 Å². The molecular formula is C17H13NO2S. The fraction of sp³-hybridized carbons (Fsp3) is 0.0588. The van der Waals surface area contributed by atoms with E-state index in [1.807, 2.05) is 42.5 Å². The second kappa shape index (κ2) is 5.97. The average Bonchev–Trinajstić information content (AvgIpc) is 2.53. The van der Waals surface area contributed by atoms with Crippen molar-refractivity contribution in [3.63, 3.8) is 0 Å². The molecule has 2 aromatic carbocycles. The zero-order valence-corrected chi connectivity index (χ0v) is 12.0. The number of thioether (sulfide) groups is 1. The van der Waals surface area contributed by atoms with Crippen LogP contribution in [0.15, 0.2) is 65.6 Å². The zero-order chi connectivity index (χ0) is 14.7. The zero-order valence-electron chi connectivity index (χ0n) is 11.2. The highest BCUT2D eigenvalue weighted by molar-refractivity contribution is 7.98. The maximum Gasteiger partial charge on any atom is 0.354 e. The van der Waals surface area contributed by atoms with Gasteiger partial charge in [0.2, 0.25) is 0 Å². The van der Waals surface area contributed by atoms with Gasteiger partial charge in [0, 0.05) is 16.0 Å². The quantitative estimate of drug-likeness (QED) is 0.732. The van der Waals surface area contributed by atoms with Crippen molar-refractivity contribution in [1.29, 1.82) is 0 Å². The number of carboxylic acids is 1. The van der Waals surface area contributed by atoms with Crippen LogP contribution in [-0.2, 0) is 5.75 Å². The summed E-state index contributed by atoms with van der Waals surface area (Å²) >= 11 is 1.63. The lowest BCUT2D eigenvalue weighted by molar-refractivity contribution is 0.0690. The Labute approximate surface area is 126 Å². The largest absolute Gasteiger partial charge is 0.477 e. The van der Waals surface area contributed by atoms with Crippen molar-refractivity contribution >= 4 is 28.6 Å². The summed E-state index contributed by atoms with van der Waals surface area (Å²) in [5.74, 6) is -0.198. The Morgan fingerprint density at radius 3 is 2.52 bits per heavy atom. The number of fused-ring (bicyclic) bond motifs is 1. The molecule has 0 saturated carbocycles. The van der Waals surface area contributed by atoms with Crippen LogP contribution in [0.3, 0.4) is 0 Å². The highest BCUT2D eigenvalue weighted by Crippen LogP contribution is 2.30.